The fraction of sp³-hybridized carbons (Fsp3) is 0.471. The minimum absolute atomic E-state index is 0.0620. The van der Waals surface area contributed by atoms with Crippen LogP contribution in [0.1, 0.15) is 29.6 Å². The van der Waals surface area contributed by atoms with Gasteiger partial charge >= 0.3 is 5.97 Å². The van der Waals surface area contributed by atoms with Crippen molar-refractivity contribution in [1.29, 1.82) is 0 Å². The summed E-state index contributed by atoms with van der Waals surface area (Å²) in [5, 5.41) is 0. The summed E-state index contributed by atoms with van der Waals surface area (Å²) < 4.78 is 4.65. The van der Waals surface area contributed by atoms with Gasteiger partial charge in [-0.2, -0.15) is 0 Å². The lowest BCUT2D eigenvalue weighted by Crippen LogP contribution is -2.32. The second-order valence-corrected chi connectivity index (χ2v) is 6.44. The highest BCUT2D eigenvalue weighted by Gasteiger charge is 2.61. The predicted octanol–water partition coefficient (Wildman–Crippen LogP) is 2.01. The Bertz CT molecular complexity index is 638. The molecule has 3 fully saturated rings. The molecule has 2 saturated carbocycles. The Labute approximate surface area is 128 Å². The van der Waals surface area contributed by atoms with Gasteiger partial charge in [0.05, 0.1) is 30.2 Å². The van der Waals surface area contributed by atoms with Gasteiger partial charge < -0.3 is 4.74 Å². The first-order valence-electron chi connectivity index (χ1n) is 7.68. The standard InChI is InChI=1S/C17H17NO4/c1-22-17(21)9-4-6-12(7-5-9)18-15(19)13-10-2-3-11(8-10)14(13)16(18)20/h4-7,10-11,13-14H,2-3,8H2,1H3. The van der Waals surface area contributed by atoms with Crippen LogP contribution in [0.15, 0.2) is 24.3 Å². The van der Waals surface area contributed by atoms with Crippen molar-refractivity contribution in [2.45, 2.75) is 19.3 Å². The number of ether oxygens (including phenoxy) is 1. The molecule has 4 unspecified atom stereocenters. The quantitative estimate of drug-likeness (QED) is 0.619. The zero-order valence-electron chi connectivity index (χ0n) is 12.3. The van der Waals surface area contributed by atoms with E-state index in [2.05, 4.69) is 4.74 Å². The van der Waals surface area contributed by atoms with Crippen molar-refractivity contribution in [3.8, 4) is 0 Å². The number of amides is 2. The zero-order chi connectivity index (χ0) is 15.4. The van der Waals surface area contributed by atoms with Crippen molar-refractivity contribution in [3.63, 3.8) is 0 Å². The van der Waals surface area contributed by atoms with Crippen molar-refractivity contribution < 1.29 is 19.1 Å². The van der Waals surface area contributed by atoms with E-state index < -0.39 is 5.97 Å². The van der Waals surface area contributed by atoms with E-state index in [1.807, 2.05) is 0 Å². The second kappa shape index (κ2) is 4.66. The van der Waals surface area contributed by atoms with E-state index >= 15 is 0 Å². The number of hydrogen-bond donors (Lipinski definition) is 0. The van der Waals surface area contributed by atoms with Crippen LogP contribution in [0.25, 0.3) is 0 Å². The summed E-state index contributed by atoms with van der Waals surface area (Å²) in [6, 6.07) is 6.46. The number of fused-ring (bicyclic) bond motifs is 5. The minimum Gasteiger partial charge on any atom is -0.465 e. The van der Waals surface area contributed by atoms with E-state index in [1.54, 1.807) is 24.3 Å². The molecule has 0 spiro atoms. The molecule has 1 aliphatic heterocycles. The molecule has 1 saturated heterocycles. The maximum Gasteiger partial charge on any atom is 0.337 e. The van der Waals surface area contributed by atoms with Gasteiger partial charge in [-0.3, -0.25) is 14.5 Å². The summed E-state index contributed by atoms with van der Waals surface area (Å²) >= 11 is 0. The molecule has 2 aliphatic carbocycles. The summed E-state index contributed by atoms with van der Waals surface area (Å²) in [5.74, 6) is -0.0313. The van der Waals surface area contributed by atoms with Crippen molar-refractivity contribution in [2.75, 3.05) is 12.0 Å². The number of anilines is 1. The minimum atomic E-state index is -0.430. The third kappa shape index (κ3) is 1.68. The lowest BCUT2D eigenvalue weighted by molar-refractivity contribution is -0.123. The Balaban J connectivity index is 1.64. The zero-order valence-corrected chi connectivity index (χ0v) is 12.3. The van der Waals surface area contributed by atoms with Crippen LogP contribution in [-0.2, 0) is 14.3 Å². The van der Waals surface area contributed by atoms with Gasteiger partial charge in [0.1, 0.15) is 0 Å². The molecule has 2 amide bonds. The molecule has 3 aliphatic rings. The Morgan fingerprint density at radius 1 is 1.05 bits per heavy atom. The maximum atomic E-state index is 12.7. The van der Waals surface area contributed by atoms with Crippen molar-refractivity contribution in [1.82, 2.24) is 0 Å². The molecule has 114 valence electrons. The third-order valence-electron chi connectivity index (χ3n) is 5.47. The first-order valence-corrected chi connectivity index (χ1v) is 7.68. The molecule has 0 radical (unpaired) electrons. The molecule has 1 aromatic carbocycles. The van der Waals surface area contributed by atoms with E-state index in [9.17, 15) is 14.4 Å². The molecule has 5 heteroatoms. The van der Waals surface area contributed by atoms with Gasteiger partial charge in [0, 0.05) is 0 Å². The van der Waals surface area contributed by atoms with Gasteiger partial charge in [-0.1, -0.05) is 0 Å². The maximum absolute atomic E-state index is 12.7. The lowest BCUT2D eigenvalue weighted by atomic mass is 9.81. The molecule has 22 heavy (non-hydrogen) atoms. The van der Waals surface area contributed by atoms with Crippen molar-refractivity contribution in [3.05, 3.63) is 29.8 Å². The largest absolute Gasteiger partial charge is 0.465 e. The molecule has 4 rings (SSSR count). The van der Waals surface area contributed by atoms with Gasteiger partial charge in [-0.05, 0) is 55.4 Å². The number of carbonyl (C=O) groups excluding carboxylic acids is 3. The van der Waals surface area contributed by atoms with Crippen LogP contribution in [-0.4, -0.2) is 24.9 Å². The van der Waals surface area contributed by atoms with Gasteiger partial charge in [-0.15, -0.1) is 0 Å². The van der Waals surface area contributed by atoms with Crippen molar-refractivity contribution >= 4 is 23.5 Å². The van der Waals surface area contributed by atoms with Gasteiger partial charge in [0.25, 0.3) is 0 Å². The number of benzene rings is 1. The highest BCUT2D eigenvalue weighted by atomic mass is 16.5. The Hall–Kier alpha value is -2.17. The monoisotopic (exact) mass is 299 g/mol. The molecular formula is C17H17NO4. The van der Waals surface area contributed by atoms with Gasteiger partial charge in [0.15, 0.2) is 0 Å². The summed E-state index contributed by atoms with van der Waals surface area (Å²) in [4.78, 5) is 38.1. The summed E-state index contributed by atoms with van der Waals surface area (Å²) in [6.45, 7) is 0. The Morgan fingerprint density at radius 3 is 2.09 bits per heavy atom. The molecule has 2 bridgehead atoms. The lowest BCUT2D eigenvalue weighted by Gasteiger charge is -2.19. The van der Waals surface area contributed by atoms with Crippen LogP contribution < -0.4 is 4.90 Å². The topological polar surface area (TPSA) is 63.7 Å². The Kier molecular flexibility index (Phi) is 2.86. The number of methoxy groups -OCH3 is 1. The molecule has 5 nitrogen and oxygen atoms in total. The average molecular weight is 299 g/mol. The number of rotatable bonds is 2. The van der Waals surface area contributed by atoms with Crippen LogP contribution in [0.3, 0.4) is 0 Å². The molecule has 4 atom stereocenters. The van der Waals surface area contributed by atoms with Crippen LogP contribution in [0, 0.1) is 23.7 Å². The molecule has 0 aromatic heterocycles. The normalized spacial score (nSPS) is 32.5. The van der Waals surface area contributed by atoms with Crippen molar-refractivity contribution in [2.24, 2.45) is 23.7 Å². The number of carbonyl (C=O) groups is 3. The number of hydrogen-bond acceptors (Lipinski definition) is 4. The van der Waals surface area contributed by atoms with E-state index in [0.29, 0.717) is 23.1 Å². The smallest absolute Gasteiger partial charge is 0.337 e. The van der Waals surface area contributed by atoms with Crippen LogP contribution >= 0.6 is 0 Å². The van der Waals surface area contributed by atoms with E-state index in [4.69, 9.17) is 0 Å². The first kappa shape index (κ1) is 13.5. The average Bonchev–Trinajstić information content (AvgIpc) is 3.21. The first-order chi connectivity index (χ1) is 10.6. The van der Waals surface area contributed by atoms with Crippen LogP contribution in [0.2, 0.25) is 0 Å². The fourth-order valence-electron chi connectivity index (χ4n) is 4.53. The van der Waals surface area contributed by atoms with E-state index in [0.717, 1.165) is 19.3 Å². The van der Waals surface area contributed by atoms with Crippen LogP contribution in [0.4, 0.5) is 5.69 Å². The van der Waals surface area contributed by atoms with Gasteiger partial charge in [0.2, 0.25) is 11.8 Å². The highest BCUT2D eigenvalue weighted by molar-refractivity contribution is 6.22. The number of nitrogens with zero attached hydrogens (tertiary/aromatic N) is 1. The molecule has 1 heterocycles. The number of esters is 1. The molecular weight excluding hydrogens is 282 g/mol. The number of imide groups is 1. The summed E-state index contributed by atoms with van der Waals surface area (Å²) in [5.41, 5.74) is 0.960. The highest BCUT2D eigenvalue weighted by Crippen LogP contribution is 2.56. The fourth-order valence-corrected chi connectivity index (χ4v) is 4.53. The van der Waals surface area contributed by atoms with Crippen LogP contribution in [0.5, 0.6) is 0 Å². The summed E-state index contributed by atoms with van der Waals surface area (Å²) in [6.07, 6.45) is 3.17. The summed E-state index contributed by atoms with van der Waals surface area (Å²) in [7, 11) is 1.32. The SMILES string of the molecule is COC(=O)c1ccc(N2C(=O)C3C4CCC(C4)C3C2=O)cc1. The predicted molar refractivity (Wildman–Crippen MR) is 78.1 cm³/mol. The second-order valence-electron chi connectivity index (χ2n) is 6.44. The molecule has 0 N–H and O–H groups in total. The third-order valence-corrected chi connectivity index (χ3v) is 5.47. The molecule has 1 aromatic rings. The van der Waals surface area contributed by atoms with E-state index in [-0.39, 0.29) is 23.7 Å². The van der Waals surface area contributed by atoms with E-state index in [1.165, 1.54) is 12.0 Å². The van der Waals surface area contributed by atoms with Gasteiger partial charge in [-0.25, -0.2) is 4.79 Å². The Morgan fingerprint density at radius 2 is 1.59 bits per heavy atom.